The molecular weight excluding hydrogens is 447 g/mol. The van der Waals surface area contributed by atoms with Crippen molar-refractivity contribution in [3.8, 4) is 5.75 Å². The minimum atomic E-state index is -4.12. The summed E-state index contributed by atoms with van der Waals surface area (Å²) in [7, 11) is -2.72. The van der Waals surface area contributed by atoms with E-state index in [9.17, 15) is 13.2 Å². The van der Waals surface area contributed by atoms with E-state index < -0.39 is 15.9 Å². The molecule has 0 saturated carbocycles. The number of sulfonamides is 1. The number of rotatable bonds is 7. The predicted molar refractivity (Wildman–Crippen MR) is 118 cm³/mol. The summed E-state index contributed by atoms with van der Waals surface area (Å²) in [6.07, 6.45) is 0. The Labute approximate surface area is 184 Å². The third-order valence-electron chi connectivity index (χ3n) is 4.23. The number of methoxy groups -OCH3 is 1. The quantitative estimate of drug-likeness (QED) is 0.528. The van der Waals surface area contributed by atoms with Crippen molar-refractivity contribution in [1.82, 2.24) is 5.32 Å². The van der Waals surface area contributed by atoms with Gasteiger partial charge in [-0.3, -0.25) is 9.52 Å². The van der Waals surface area contributed by atoms with Crippen LogP contribution in [0.5, 0.6) is 5.75 Å². The minimum Gasteiger partial charge on any atom is -0.495 e. The molecule has 0 spiro atoms. The van der Waals surface area contributed by atoms with E-state index in [1.54, 1.807) is 12.1 Å². The van der Waals surface area contributed by atoms with Gasteiger partial charge < -0.3 is 10.1 Å². The molecule has 0 radical (unpaired) electrons. The summed E-state index contributed by atoms with van der Waals surface area (Å²) in [6.45, 7) is 0.306. The summed E-state index contributed by atoms with van der Waals surface area (Å²) in [5.41, 5.74) is 1.21. The number of halogens is 2. The van der Waals surface area contributed by atoms with Crippen LogP contribution in [0.25, 0.3) is 0 Å². The average Bonchev–Trinajstić information content (AvgIpc) is 2.74. The predicted octanol–water partition coefficient (Wildman–Crippen LogP) is 4.73. The third kappa shape index (κ3) is 4.87. The first kappa shape index (κ1) is 22.0. The lowest BCUT2D eigenvalue weighted by molar-refractivity contribution is 0.0952. The van der Waals surface area contributed by atoms with Crippen LogP contribution in [-0.4, -0.2) is 21.4 Å². The molecule has 3 rings (SSSR count). The van der Waals surface area contributed by atoms with Crippen molar-refractivity contribution < 1.29 is 17.9 Å². The molecule has 0 aliphatic rings. The van der Waals surface area contributed by atoms with Gasteiger partial charge in [0.15, 0.2) is 0 Å². The average molecular weight is 465 g/mol. The second kappa shape index (κ2) is 9.38. The second-order valence-electron chi connectivity index (χ2n) is 6.21. The molecule has 6 nitrogen and oxygen atoms in total. The smallest absolute Gasteiger partial charge is 0.263 e. The zero-order valence-electron chi connectivity index (χ0n) is 15.9. The number of hydrogen-bond donors (Lipinski definition) is 2. The normalized spacial score (nSPS) is 11.0. The fourth-order valence-corrected chi connectivity index (χ4v) is 4.64. The lowest BCUT2D eigenvalue weighted by Crippen LogP contribution is -2.25. The van der Waals surface area contributed by atoms with Crippen molar-refractivity contribution in [3.05, 3.63) is 87.9 Å². The summed E-state index contributed by atoms with van der Waals surface area (Å²) >= 11 is 12.2. The van der Waals surface area contributed by atoms with Crippen LogP contribution in [-0.2, 0) is 16.6 Å². The molecule has 3 aromatic carbocycles. The summed E-state index contributed by atoms with van der Waals surface area (Å²) in [6, 6.07) is 18.4. The first-order valence-electron chi connectivity index (χ1n) is 8.79. The highest BCUT2D eigenvalue weighted by Gasteiger charge is 2.24. The molecule has 9 heteroatoms. The third-order valence-corrected chi connectivity index (χ3v) is 6.62. The van der Waals surface area contributed by atoms with Gasteiger partial charge in [0, 0.05) is 6.54 Å². The van der Waals surface area contributed by atoms with Gasteiger partial charge in [-0.1, -0.05) is 65.7 Å². The van der Waals surface area contributed by atoms with Gasteiger partial charge in [0.25, 0.3) is 15.9 Å². The Morgan fingerprint density at radius 1 is 0.933 bits per heavy atom. The minimum absolute atomic E-state index is 0.0177. The molecular formula is C21H18Cl2N2O4S. The molecule has 0 fully saturated rings. The van der Waals surface area contributed by atoms with E-state index in [1.807, 2.05) is 30.3 Å². The fourth-order valence-electron chi connectivity index (χ4n) is 2.72. The van der Waals surface area contributed by atoms with E-state index >= 15 is 0 Å². The lowest BCUT2D eigenvalue weighted by atomic mass is 10.1. The Kier molecular flexibility index (Phi) is 6.87. The Balaban J connectivity index is 1.85. The highest BCUT2D eigenvalue weighted by atomic mass is 35.5. The molecule has 0 aliphatic carbocycles. The molecule has 30 heavy (non-hydrogen) atoms. The summed E-state index contributed by atoms with van der Waals surface area (Å²) in [5, 5.41) is 2.59. The van der Waals surface area contributed by atoms with E-state index in [4.69, 9.17) is 27.9 Å². The van der Waals surface area contributed by atoms with E-state index in [2.05, 4.69) is 10.0 Å². The van der Waals surface area contributed by atoms with Crippen molar-refractivity contribution in [3.63, 3.8) is 0 Å². The van der Waals surface area contributed by atoms with Crippen molar-refractivity contribution in [2.45, 2.75) is 11.4 Å². The van der Waals surface area contributed by atoms with Gasteiger partial charge in [-0.25, -0.2) is 8.42 Å². The second-order valence-corrected chi connectivity index (χ2v) is 8.62. The number of hydrogen-bond acceptors (Lipinski definition) is 4. The van der Waals surface area contributed by atoms with Gasteiger partial charge in [-0.15, -0.1) is 0 Å². The number of anilines is 1. The maximum atomic E-state index is 12.9. The molecule has 0 bridgehead atoms. The number of carbonyl (C=O) groups is 1. The number of amides is 1. The van der Waals surface area contributed by atoms with Gasteiger partial charge in [0.1, 0.15) is 15.7 Å². The van der Waals surface area contributed by atoms with Crippen LogP contribution in [0.15, 0.2) is 71.6 Å². The topological polar surface area (TPSA) is 84.5 Å². The summed E-state index contributed by atoms with van der Waals surface area (Å²) < 4.78 is 33.3. The molecule has 2 N–H and O–H groups in total. The Morgan fingerprint density at radius 3 is 2.30 bits per heavy atom. The Hall–Kier alpha value is -2.74. The first-order chi connectivity index (χ1) is 14.3. The van der Waals surface area contributed by atoms with Crippen LogP contribution < -0.4 is 14.8 Å². The highest BCUT2D eigenvalue weighted by molar-refractivity contribution is 7.92. The number of benzene rings is 3. The summed E-state index contributed by atoms with van der Waals surface area (Å²) in [4.78, 5) is 12.4. The van der Waals surface area contributed by atoms with Gasteiger partial charge in [0.2, 0.25) is 0 Å². The van der Waals surface area contributed by atoms with Crippen LogP contribution in [0.1, 0.15) is 15.9 Å². The van der Waals surface area contributed by atoms with Crippen LogP contribution in [0.2, 0.25) is 10.0 Å². The molecule has 1 amide bonds. The highest BCUT2D eigenvalue weighted by Crippen LogP contribution is 2.37. The van der Waals surface area contributed by atoms with Gasteiger partial charge >= 0.3 is 0 Å². The monoisotopic (exact) mass is 464 g/mol. The van der Waals surface area contributed by atoms with Crippen LogP contribution in [0, 0.1) is 0 Å². The van der Waals surface area contributed by atoms with Crippen molar-refractivity contribution in [2.24, 2.45) is 0 Å². The zero-order chi connectivity index (χ0) is 21.7. The van der Waals surface area contributed by atoms with Crippen molar-refractivity contribution in [1.29, 1.82) is 0 Å². The number of para-hydroxylation sites is 1. The number of carbonyl (C=O) groups excluding carboxylic acids is 1. The number of ether oxygens (including phenoxy) is 1. The maximum absolute atomic E-state index is 12.9. The van der Waals surface area contributed by atoms with Crippen LogP contribution >= 0.6 is 23.2 Å². The van der Waals surface area contributed by atoms with E-state index in [0.717, 1.165) is 5.56 Å². The zero-order valence-corrected chi connectivity index (χ0v) is 18.2. The Morgan fingerprint density at radius 2 is 1.60 bits per heavy atom. The van der Waals surface area contributed by atoms with Crippen LogP contribution in [0.3, 0.4) is 0 Å². The molecule has 156 valence electrons. The van der Waals surface area contributed by atoms with E-state index in [-0.39, 0.29) is 31.9 Å². The van der Waals surface area contributed by atoms with Gasteiger partial charge in [-0.05, 0) is 29.8 Å². The lowest BCUT2D eigenvalue weighted by Gasteiger charge is -2.15. The SMILES string of the molecule is COc1ccc(S(=O)(=O)Nc2ccccc2C(=O)NCc2ccccc2)c(Cl)c1Cl. The summed E-state index contributed by atoms with van der Waals surface area (Å²) in [5.74, 6) is -0.169. The number of nitrogens with one attached hydrogen (secondary N) is 2. The van der Waals surface area contributed by atoms with Gasteiger partial charge in [0.05, 0.1) is 23.4 Å². The van der Waals surface area contributed by atoms with Crippen molar-refractivity contribution >= 4 is 44.8 Å². The van der Waals surface area contributed by atoms with E-state index in [0.29, 0.717) is 6.54 Å². The maximum Gasteiger partial charge on any atom is 0.263 e. The molecule has 0 heterocycles. The van der Waals surface area contributed by atoms with Gasteiger partial charge in [-0.2, -0.15) is 0 Å². The first-order valence-corrected chi connectivity index (χ1v) is 11.0. The molecule has 0 aliphatic heterocycles. The largest absolute Gasteiger partial charge is 0.495 e. The van der Waals surface area contributed by atoms with Crippen molar-refractivity contribution in [2.75, 3.05) is 11.8 Å². The van der Waals surface area contributed by atoms with E-state index in [1.165, 1.54) is 31.4 Å². The molecule has 3 aromatic rings. The standard InChI is InChI=1S/C21H18Cl2N2O4S/c1-29-17-11-12-18(20(23)19(17)22)30(27,28)25-16-10-6-5-9-15(16)21(26)24-13-14-7-3-2-4-8-14/h2-12,25H,13H2,1H3,(H,24,26). The fraction of sp³-hybridized carbons (Fsp3) is 0.0952. The Bertz CT molecular complexity index is 1170. The van der Waals surface area contributed by atoms with Crippen LogP contribution in [0.4, 0.5) is 5.69 Å². The molecule has 0 aromatic heterocycles. The molecule has 0 saturated heterocycles. The molecule has 0 atom stereocenters. The molecule has 0 unspecified atom stereocenters.